The van der Waals surface area contributed by atoms with E-state index >= 15 is 0 Å². The van der Waals surface area contributed by atoms with Gasteiger partial charge < -0.3 is 15.2 Å². The van der Waals surface area contributed by atoms with Crippen LogP contribution in [-0.2, 0) is 4.79 Å². The highest BCUT2D eigenvalue weighted by Crippen LogP contribution is 2.41. The van der Waals surface area contributed by atoms with Crippen molar-refractivity contribution in [3.05, 3.63) is 29.8 Å². The molecule has 4 nitrogen and oxygen atoms in total. The third-order valence-corrected chi connectivity index (χ3v) is 6.03. The van der Waals surface area contributed by atoms with Crippen molar-refractivity contribution in [1.82, 2.24) is 5.32 Å². The van der Waals surface area contributed by atoms with Crippen LogP contribution in [0.1, 0.15) is 57.9 Å². The molecule has 4 heteroatoms. The number of amides is 1. The molecule has 0 bridgehead atoms. The predicted molar refractivity (Wildman–Crippen MR) is 98.6 cm³/mol. The number of ether oxygens (including phenoxy) is 1. The van der Waals surface area contributed by atoms with Gasteiger partial charge in [0.15, 0.2) is 0 Å². The minimum absolute atomic E-state index is 0.0330. The van der Waals surface area contributed by atoms with Gasteiger partial charge in [-0.25, -0.2) is 0 Å². The molecule has 2 aliphatic rings. The molecule has 1 heterocycles. The molecular weight excluding hydrogens is 314 g/mol. The molecule has 4 atom stereocenters. The van der Waals surface area contributed by atoms with Crippen molar-refractivity contribution in [3.63, 3.8) is 0 Å². The Kier molecular flexibility index (Phi) is 5.38. The monoisotopic (exact) mass is 345 g/mol. The van der Waals surface area contributed by atoms with Crippen LogP contribution in [0.2, 0.25) is 0 Å². The summed E-state index contributed by atoms with van der Waals surface area (Å²) in [5, 5.41) is 14.3. The molecule has 0 aromatic heterocycles. The zero-order chi connectivity index (χ0) is 18.0. The molecule has 0 saturated heterocycles. The average Bonchev–Trinajstić information content (AvgIpc) is 2.59. The van der Waals surface area contributed by atoms with Gasteiger partial charge in [0.1, 0.15) is 11.4 Å². The van der Waals surface area contributed by atoms with Gasteiger partial charge in [0, 0.05) is 12.5 Å². The smallest absolute Gasteiger partial charge is 0.252 e. The van der Waals surface area contributed by atoms with Crippen molar-refractivity contribution in [2.75, 3.05) is 13.2 Å². The highest BCUT2D eigenvalue weighted by Gasteiger charge is 2.48. The van der Waals surface area contributed by atoms with Gasteiger partial charge in [0.25, 0.3) is 5.91 Å². The molecule has 1 amide bonds. The molecule has 2 N–H and O–H groups in total. The van der Waals surface area contributed by atoms with E-state index in [1.807, 2.05) is 18.2 Å². The van der Waals surface area contributed by atoms with E-state index in [1.54, 1.807) is 0 Å². The molecule has 1 aliphatic heterocycles. The van der Waals surface area contributed by atoms with E-state index in [-0.39, 0.29) is 17.7 Å². The number of para-hydroxylation sites is 1. The van der Waals surface area contributed by atoms with Crippen molar-refractivity contribution >= 4 is 5.91 Å². The van der Waals surface area contributed by atoms with E-state index < -0.39 is 5.60 Å². The first-order chi connectivity index (χ1) is 11.9. The summed E-state index contributed by atoms with van der Waals surface area (Å²) in [4.78, 5) is 12.9. The highest BCUT2D eigenvalue weighted by atomic mass is 16.5. The van der Waals surface area contributed by atoms with Crippen LogP contribution >= 0.6 is 0 Å². The Bertz CT molecular complexity index is 615. The fourth-order valence-corrected chi connectivity index (χ4v) is 4.63. The van der Waals surface area contributed by atoms with E-state index in [1.165, 1.54) is 0 Å². The number of rotatable bonds is 4. The van der Waals surface area contributed by atoms with Gasteiger partial charge in [-0.15, -0.1) is 0 Å². The summed E-state index contributed by atoms with van der Waals surface area (Å²) >= 11 is 0. The number of carbonyl (C=O) groups is 1. The molecule has 138 valence electrons. The first-order valence-electron chi connectivity index (χ1n) is 9.64. The number of hydrogen-bond donors (Lipinski definition) is 2. The maximum Gasteiger partial charge on any atom is 0.252 e. The number of carbonyl (C=O) groups excluding carboxylic acids is 1. The van der Waals surface area contributed by atoms with Gasteiger partial charge in [0.2, 0.25) is 0 Å². The zero-order valence-electron chi connectivity index (χ0n) is 15.6. The Hall–Kier alpha value is -1.55. The third kappa shape index (κ3) is 3.69. The van der Waals surface area contributed by atoms with Crippen molar-refractivity contribution in [2.24, 2.45) is 17.8 Å². The van der Waals surface area contributed by atoms with Gasteiger partial charge in [-0.05, 0) is 48.6 Å². The Balaban J connectivity index is 1.69. The second-order valence-electron chi connectivity index (χ2n) is 8.24. The molecule has 0 radical (unpaired) electrons. The number of aliphatic hydroxyl groups is 1. The first-order valence-corrected chi connectivity index (χ1v) is 9.64. The van der Waals surface area contributed by atoms with Crippen LogP contribution in [0.5, 0.6) is 5.75 Å². The predicted octanol–water partition coefficient (Wildman–Crippen LogP) is 3.49. The van der Waals surface area contributed by atoms with Crippen molar-refractivity contribution in [2.45, 2.75) is 58.0 Å². The largest absolute Gasteiger partial charge is 0.493 e. The van der Waals surface area contributed by atoms with Crippen molar-refractivity contribution in [3.8, 4) is 5.75 Å². The quantitative estimate of drug-likeness (QED) is 0.878. The number of nitrogens with one attached hydrogen (secondary N) is 1. The molecule has 1 fully saturated rings. The molecule has 0 spiro atoms. The maximum absolute atomic E-state index is 12.9. The minimum atomic E-state index is -1.24. The molecule has 1 aromatic carbocycles. The molecule has 1 saturated carbocycles. The van der Waals surface area contributed by atoms with Crippen LogP contribution in [0.15, 0.2) is 24.3 Å². The van der Waals surface area contributed by atoms with Crippen LogP contribution in [0.4, 0.5) is 0 Å². The Labute approximate surface area is 151 Å². The molecule has 3 rings (SSSR count). The molecule has 1 aromatic rings. The van der Waals surface area contributed by atoms with Crippen LogP contribution < -0.4 is 10.1 Å². The molecule has 1 aliphatic carbocycles. The summed E-state index contributed by atoms with van der Waals surface area (Å²) in [6.07, 6.45) is 3.46. The summed E-state index contributed by atoms with van der Waals surface area (Å²) in [5.74, 6) is 1.68. The second kappa shape index (κ2) is 7.36. The second-order valence-corrected chi connectivity index (χ2v) is 8.24. The molecule has 1 unspecified atom stereocenters. The lowest BCUT2D eigenvalue weighted by molar-refractivity contribution is -0.155. The van der Waals surface area contributed by atoms with E-state index in [2.05, 4.69) is 32.2 Å². The van der Waals surface area contributed by atoms with Crippen molar-refractivity contribution in [1.29, 1.82) is 0 Å². The van der Waals surface area contributed by atoms with Gasteiger partial charge in [-0.2, -0.15) is 0 Å². The SMILES string of the molecule is CC(C)[C@@H]1CC[C@@H](C)C[C@@]1(O)C(=O)NCC1CCOc2ccccc21. The highest BCUT2D eigenvalue weighted by molar-refractivity contribution is 5.85. The topological polar surface area (TPSA) is 58.6 Å². The Morgan fingerprint density at radius 2 is 2.08 bits per heavy atom. The average molecular weight is 345 g/mol. The van der Waals surface area contributed by atoms with E-state index in [0.717, 1.165) is 30.6 Å². The Morgan fingerprint density at radius 1 is 1.32 bits per heavy atom. The Morgan fingerprint density at radius 3 is 2.84 bits per heavy atom. The summed E-state index contributed by atoms with van der Waals surface area (Å²) in [7, 11) is 0. The summed E-state index contributed by atoms with van der Waals surface area (Å²) in [6, 6.07) is 8.03. The molecular formula is C21H31NO3. The third-order valence-electron chi connectivity index (χ3n) is 6.03. The van der Waals surface area contributed by atoms with E-state index in [4.69, 9.17) is 4.74 Å². The van der Waals surface area contributed by atoms with Gasteiger partial charge in [-0.3, -0.25) is 4.79 Å². The first kappa shape index (κ1) is 18.2. The van der Waals surface area contributed by atoms with Gasteiger partial charge in [0.05, 0.1) is 6.61 Å². The van der Waals surface area contributed by atoms with Crippen LogP contribution in [-0.4, -0.2) is 29.8 Å². The van der Waals surface area contributed by atoms with Crippen molar-refractivity contribution < 1.29 is 14.6 Å². The van der Waals surface area contributed by atoms with Gasteiger partial charge >= 0.3 is 0 Å². The number of hydrogen-bond acceptors (Lipinski definition) is 3. The standard InChI is InChI=1S/C21H31NO3/c1-14(2)18-9-8-15(3)12-21(18,24)20(23)22-13-16-10-11-25-19-7-5-4-6-17(16)19/h4-7,14-16,18,24H,8-13H2,1-3H3,(H,22,23)/t15-,16?,18+,21+/m1/s1. The van der Waals surface area contributed by atoms with E-state index in [9.17, 15) is 9.90 Å². The fraction of sp³-hybridized carbons (Fsp3) is 0.667. The lowest BCUT2D eigenvalue weighted by atomic mass is 9.66. The number of benzene rings is 1. The normalized spacial score (nSPS) is 32.0. The summed E-state index contributed by atoms with van der Waals surface area (Å²) in [5.41, 5.74) is -0.0882. The maximum atomic E-state index is 12.9. The van der Waals surface area contributed by atoms with E-state index in [0.29, 0.717) is 31.4 Å². The lowest BCUT2D eigenvalue weighted by Crippen LogP contribution is -2.56. The number of fused-ring (bicyclic) bond motifs is 1. The zero-order valence-corrected chi connectivity index (χ0v) is 15.6. The minimum Gasteiger partial charge on any atom is -0.493 e. The molecule has 25 heavy (non-hydrogen) atoms. The lowest BCUT2D eigenvalue weighted by Gasteiger charge is -2.43. The van der Waals surface area contributed by atoms with Gasteiger partial charge in [-0.1, -0.05) is 45.4 Å². The summed E-state index contributed by atoms with van der Waals surface area (Å²) in [6.45, 7) is 7.57. The van der Waals surface area contributed by atoms with Crippen LogP contribution in [0.3, 0.4) is 0 Å². The van der Waals surface area contributed by atoms with Crippen LogP contribution in [0, 0.1) is 17.8 Å². The summed E-state index contributed by atoms with van der Waals surface area (Å²) < 4.78 is 5.70. The van der Waals surface area contributed by atoms with Crippen LogP contribution in [0.25, 0.3) is 0 Å². The fourth-order valence-electron chi connectivity index (χ4n) is 4.63.